The molecule has 0 spiro atoms. The van der Waals surface area contributed by atoms with E-state index in [1.165, 1.54) is 84.9 Å². The summed E-state index contributed by atoms with van der Waals surface area (Å²) in [5.74, 6) is -3.32. The number of hydrogen-bond donors (Lipinski definition) is 8. The van der Waals surface area contributed by atoms with Crippen LogP contribution in [0.2, 0.25) is 0 Å². The third-order valence-electron chi connectivity index (χ3n) is 12.6. The van der Waals surface area contributed by atoms with Crippen molar-refractivity contribution in [2.24, 2.45) is 0 Å². The van der Waals surface area contributed by atoms with Gasteiger partial charge in [0.05, 0.1) is 106 Å². The third-order valence-corrected chi connectivity index (χ3v) is 17.8. The van der Waals surface area contributed by atoms with Crippen LogP contribution in [0, 0.1) is 0 Å². The maximum Gasteiger partial charge on any atom is 0.296 e. The Labute approximate surface area is 454 Å². The number of ether oxygens (including phenoxy) is 3. The van der Waals surface area contributed by atoms with Gasteiger partial charge in [-0.05, 0) is 48.5 Å². The topological polar surface area (TPSA) is 373 Å². The Hall–Kier alpha value is -7.28. The molecule has 416 valence electrons. The minimum absolute atomic E-state index is 0.00249. The Bertz CT molecular complexity index is 3640. The first-order valence-corrected chi connectivity index (χ1v) is 30.3. The van der Waals surface area contributed by atoms with Crippen LogP contribution in [0.4, 0.5) is 34.1 Å². The Kier molecular flexibility index (Phi) is 17.6. The van der Waals surface area contributed by atoms with Crippen molar-refractivity contribution in [1.82, 2.24) is 10.6 Å². The van der Waals surface area contributed by atoms with E-state index in [1.54, 1.807) is 12.1 Å². The summed E-state index contributed by atoms with van der Waals surface area (Å²) in [6, 6.07) is 24.8. The molecule has 0 atom stereocenters. The van der Waals surface area contributed by atoms with Crippen LogP contribution < -0.4 is 32.7 Å². The highest BCUT2D eigenvalue weighted by Gasteiger charge is 2.38. The first-order chi connectivity index (χ1) is 37.5. The summed E-state index contributed by atoms with van der Waals surface area (Å²) in [5.41, 5.74) is 9.63. The van der Waals surface area contributed by atoms with E-state index < -0.39 is 95.3 Å². The van der Waals surface area contributed by atoms with Crippen LogP contribution in [0.15, 0.2) is 129 Å². The number of fused-ring (bicyclic) bond motifs is 4. The van der Waals surface area contributed by atoms with Gasteiger partial charge in [0.25, 0.3) is 20.2 Å². The Balaban J connectivity index is 0.709. The molecule has 6 aromatic rings. The van der Waals surface area contributed by atoms with Gasteiger partial charge in [0, 0.05) is 59.8 Å². The van der Waals surface area contributed by atoms with Gasteiger partial charge in [0.15, 0.2) is 42.8 Å². The second-order valence-corrected chi connectivity index (χ2v) is 24.8. The number of benzene rings is 6. The highest BCUT2D eigenvalue weighted by molar-refractivity contribution is 7.91. The molecule has 0 aliphatic heterocycles. The Morgan fingerprint density at radius 1 is 0.405 bits per heavy atom. The van der Waals surface area contributed by atoms with E-state index in [1.807, 2.05) is 0 Å². The SMILES string of the molecule is Nc1c(S(=O)(=O)O)cc(Nc2cccc(S(=O)(=O)CCNCCOCCOCCOCCNCCS(=O)(=O)c3cccc(Nc4cc(S(=O)(=O)O)c(N)c5c4C(=O)c4ccccc4C5=O)c3)c2)c2c1C(=O)c1ccccc1C2=O. The van der Waals surface area contributed by atoms with Crippen molar-refractivity contribution in [2.45, 2.75) is 19.6 Å². The molecular weight excluding hydrogens is 1110 g/mol. The van der Waals surface area contributed by atoms with Crippen molar-refractivity contribution < 1.29 is 76.2 Å². The minimum atomic E-state index is -4.97. The van der Waals surface area contributed by atoms with Gasteiger partial charge in [-0.1, -0.05) is 60.7 Å². The zero-order valence-corrected chi connectivity index (χ0v) is 44.9. The average Bonchev–Trinajstić information content (AvgIpc) is 3.60. The Morgan fingerprint density at radius 2 is 0.734 bits per heavy atom. The molecule has 2 aliphatic rings. The van der Waals surface area contributed by atoms with E-state index in [-0.39, 0.29) is 130 Å². The number of hydrogen-bond acceptors (Lipinski definition) is 21. The monoisotopic (exact) mass is 1160 g/mol. The average molecular weight is 1160 g/mol. The highest BCUT2D eigenvalue weighted by atomic mass is 32.2. The first kappa shape index (κ1) is 57.9. The lowest BCUT2D eigenvalue weighted by molar-refractivity contribution is 0.0158. The maximum absolute atomic E-state index is 13.7. The molecule has 0 saturated heterocycles. The normalized spacial score (nSPS) is 13.4. The number of anilines is 6. The summed E-state index contributed by atoms with van der Waals surface area (Å²) in [4.78, 5) is 52.5. The second-order valence-electron chi connectivity index (χ2n) is 17.8. The van der Waals surface area contributed by atoms with Gasteiger partial charge in [-0.25, -0.2) is 16.8 Å². The molecule has 79 heavy (non-hydrogen) atoms. The summed E-state index contributed by atoms with van der Waals surface area (Å²) in [5, 5.41) is 11.7. The van der Waals surface area contributed by atoms with Gasteiger partial charge in [0.1, 0.15) is 9.79 Å². The fourth-order valence-electron chi connectivity index (χ4n) is 8.79. The van der Waals surface area contributed by atoms with Crippen LogP contribution in [0.5, 0.6) is 0 Å². The van der Waals surface area contributed by atoms with Crippen LogP contribution in [0.25, 0.3) is 0 Å². The van der Waals surface area contributed by atoms with E-state index >= 15 is 0 Å². The van der Waals surface area contributed by atoms with Gasteiger partial charge in [-0.3, -0.25) is 28.3 Å². The number of nitrogen functional groups attached to an aromatic ring is 2. The predicted molar refractivity (Wildman–Crippen MR) is 290 cm³/mol. The third kappa shape index (κ3) is 12.9. The standard InChI is InChI=1S/C52H52N6O17S4/c53-47-41(78(67,68)69)29-39(43-45(47)51(61)37-13-3-1-11-35(37)49(43)59)57-31-7-5-9-33(27-31)76(63,64)25-17-55-15-19-73-21-23-75-24-22-74-20-16-56-18-26-77(65,66)34-10-6-8-32(28-34)58-40-30-42(79(70,71)72)48(54)46-44(40)50(60)36-12-2-4-14-38(36)52(46)62/h1-14,27-30,55-58H,15-26,53-54H2,(H,67,68,69)(H,70,71,72). The Morgan fingerprint density at radius 3 is 1.08 bits per heavy atom. The fraction of sp³-hybridized carbons (Fsp3) is 0.231. The molecule has 0 aromatic heterocycles. The molecule has 0 radical (unpaired) electrons. The van der Waals surface area contributed by atoms with Crippen LogP contribution in [0.3, 0.4) is 0 Å². The van der Waals surface area contributed by atoms with Gasteiger partial charge >= 0.3 is 0 Å². The van der Waals surface area contributed by atoms with Crippen molar-refractivity contribution in [2.75, 3.05) is 99.4 Å². The van der Waals surface area contributed by atoms with E-state index in [4.69, 9.17) is 25.7 Å². The minimum Gasteiger partial charge on any atom is -0.397 e. The maximum atomic E-state index is 13.7. The lowest BCUT2D eigenvalue weighted by Gasteiger charge is -2.23. The molecule has 0 bridgehead atoms. The summed E-state index contributed by atoms with van der Waals surface area (Å²) in [6.45, 7) is 2.29. The van der Waals surface area contributed by atoms with Crippen LogP contribution in [-0.2, 0) is 54.1 Å². The lowest BCUT2D eigenvalue weighted by Crippen LogP contribution is -2.27. The number of ketones is 4. The number of nitrogens with one attached hydrogen (secondary N) is 4. The predicted octanol–water partition coefficient (Wildman–Crippen LogP) is 3.86. The molecule has 2 aliphatic carbocycles. The second kappa shape index (κ2) is 24.0. The molecule has 6 aromatic carbocycles. The van der Waals surface area contributed by atoms with Crippen LogP contribution in [-0.4, -0.2) is 143 Å². The highest BCUT2D eigenvalue weighted by Crippen LogP contribution is 2.42. The van der Waals surface area contributed by atoms with Gasteiger partial charge in [0.2, 0.25) is 0 Å². The van der Waals surface area contributed by atoms with Crippen molar-refractivity contribution in [3.63, 3.8) is 0 Å². The largest absolute Gasteiger partial charge is 0.397 e. The summed E-state index contributed by atoms with van der Waals surface area (Å²) in [6.07, 6.45) is 0. The smallest absolute Gasteiger partial charge is 0.296 e. The molecule has 10 N–H and O–H groups in total. The molecule has 0 amide bonds. The molecule has 23 nitrogen and oxygen atoms in total. The van der Waals surface area contributed by atoms with E-state index in [0.29, 0.717) is 13.1 Å². The van der Waals surface area contributed by atoms with Crippen molar-refractivity contribution in [1.29, 1.82) is 0 Å². The number of sulfone groups is 2. The quantitative estimate of drug-likeness (QED) is 0.0217. The molecule has 0 heterocycles. The van der Waals surface area contributed by atoms with Gasteiger partial charge < -0.3 is 46.9 Å². The van der Waals surface area contributed by atoms with Crippen LogP contribution >= 0.6 is 0 Å². The number of nitrogens with two attached hydrogens (primary N) is 2. The van der Waals surface area contributed by atoms with E-state index in [0.717, 1.165) is 12.1 Å². The molecule has 27 heteroatoms. The van der Waals surface area contributed by atoms with E-state index in [9.17, 15) is 62.0 Å². The number of rotatable bonds is 26. The van der Waals surface area contributed by atoms with Crippen LogP contribution in [0.1, 0.15) is 63.7 Å². The fourth-order valence-corrected chi connectivity index (χ4v) is 12.6. The molecule has 8 rings (SSSR count). The molecule has 0 unspecified atom stereocenters. The summed E-state index contributed by atoms with van der Waals surface area (Å²) < 4.78 is 139. The molecule has 0 fully saturated rings. The first-order valence-electron chi connectivity index (χ1n) is 24.1. The van der Waals surface area contributed by atoms with Crippen molar-refractivity contribution in [3.05, 3.63) is 154 Å². The lowest BCUT2D eigenvalue weighted by atomic mass is 9.82. The molecule has 0 saturated carbocycles. The van der Waals surface area contributed by atoms with Crippen molar-refractivity contribution >= 4 is 97.2 Å². The number of carbonyl (C=O) groups excluding carboxylic acids is 4. The zero-order chi connectivity index (χ0) is 56.9. The van der Waals surface area contributed by atoms with E-state index in [2.05, 4.69) is 21.3 Å². The number of carbonyl (C=O) groups is 4. The summed E-state index contributed by atoms with van der Waals surface area (Å²) in [7, 11) is -17.7. The van der Waals surface area contributed by atoms with Crippen molar-refractivity contribution in [3.8, 4) is 0 Å². The summed E-state index contributed by atoms with van der Waals surface area (Å²) >= 11 is 0. The van der Waals surface area contributed by atoms with Gasteiger partial charge in [-0.15, -0.1) is 0 Å². The zero-order valence-electron chi connectivity index (χ0n) is 41.7. The molecular formula is C52H52N6O17S4. The van der Waals surface area contributed by atoms with Gasteiger partial charge in [-0.2, -0.15) is 16.8 Å².